The minimum Gasteiger partial charge on any atom is -0.374 e. The summed E-state index contributed by atoms with van der Waals surface area (Å²) in [7, 11) is 4.21. The smallest absolute Gasteiger partial charge is 0.164 e. The largest absolute Gasteiger partial charge is 0.374 e. The van der Waals surface area contributed by atoms with E-state index < -0.39 is 42.4 Å². The van der Waals surface area contributed by atoms with Crippen LogP contribution in [0.15, 0.2) is 60.7 Å². The number of rotatable bonds is 16. The van der Waals surface area contributed by atoms with Gasteiger partial charge in [-0.3, -0.25) is 0 Å². The first-order valence-electron chi connectivity index (χ1n) is 12.6. The molecule has 1 unspecified atom stereocenters. The summed E-state index contributed by atoms with van der Waals surface area (Å²) >= 11 is 0. The van der Waals surface area contributed by atoms with E-state index >= 15 is 0 Å². The maximum absolute atomic E-state index is 6.45. The molecule has 10 nitrogen and oxygen atoms in total. The predicted molar refractivity (Wildman–Crippen MR) is 136 cm³/mol. The molecule has 1 aliphatic heterocycles. The summed E-state index contributed by atoms with van der Waals surface area (Å²) in [6.07, 6.45) is -4.22. The first-order chi connectivity index (χ1) is 18.4. The molecule has 0 radical (unpaired) electrons. The Morgan fingerprint density at radius 3 is 1.92 bits per heavy atom. The number of hydrogen-bond acceptors (Lipinski definition) is 10. The average molecular weight is 537 g/mol. The molecule has 38 heavy (non-hydrogen) atoms. The maximum atomic E-state index is 6.45. The van der Waals surface area contributed by atoms with Crippen molar-refractivity contribution in [2.45, 2.75) is 76.4 Å². The van der Waals surface area contributed by atoms with Crippen LogP contribution in [0.3, 0.4) is 0 Å². The Kier molecular flexibility index (Phi) is 12.5. The van der Waals surface area contributed by atoms with E-state index in [-0.39, 0.29) is 6.61 Å². The van der Waals surface area contributed by atoms with E-state index in [2.05, 4.69) is 0 Å². The molecule has 1 heterocycles. The van der Waals surface area contributed by atoms with Gasteiger partial charge in [0.25, 0.3) is 0 Å². The molecular formula is C28H40O10. The van der Waals surface area contributed by atoms with Gasteiger partial charge in [-0.25, -0.2) is 29.3 Å². The van der Waals surface area contributed by atoms with Crippen LogP contribution in [0.4, 0.5) is 0 Å². The minimum atomic E-state index is -1.00. The Morgan fingerprint density at radius 1 is 0.763 bits per heavy atom. The number of benzene rings is 2. The lowest BCUT2D eigenvalue weighted by Gasteiger charge is -2.48. The molecule has 0 amide bonds. The zero-order chi connectivity index (χ0) is 27.4. The molecule has 10 heteroatoms. The summed E-state index contributed by atoms with van der Waals surface area (Å²) in [5, 5.41) is 0. The van der Waals surface area contributed by atoms with Crippen LogP contribution in [0.1, 0.15) is 31.9 Å². The van der Waals surface area contributed by atoms with Crippen LogP contribution in [-0.4, -0.2) is 70.3 Å². The molecule has 0 spiro atoms. The molecule has 1 saturated heterocycles. The summed E-state index contributed by atoms with van der Waals surface area (Å²) in [5.41, 5.74) is 2.04. The van der Waals surface area contributed by atoms with Gasteiger partial charge in [0.2, 0.25) is 0 Å². The van der Waals surface area contributed by atoms with Gasteiger partial charge in [0.15, 0.2) is 18.0 Å². The molecule has 2 aromatic carbocycles. The summed E-state index contributed by atoms with van der Waals surface area (Å²) in [5.74, 6) is -1.00. The molecule has 0 N–H and O–H groups in total. The van der Waals surface area contributed by atoms with Gasteiger partial charge < -0.3 is 18.9 Å². The van der Waals surface area contributed by atoms with Crippen molar-refractivity contribution in [3.8, 4) is 0 Å². The van der Waals surface area contributed by atoms with Gasteiger partial charge in [-0.1, -0.05) is 60.7 Å². The predicted octanol–water partition coefficient (Wildman–Crippen LogP) is 4.17. The molecule has 6 atom stereocenters. The van der Waals surface area contributed by atoms with Gasteiger partial charge in [-0.15, -0.1) is 0 Å². The average Bonchev–Trinajstić information content (AvgIpc) is 2.91. The highest BCUT2D eigenvalue weighted by molar-refractivity contribution is 5.14. The van der Waals surface area contributed by atoms with Gasteiger partial charge in [0.1, 0.15) is 24.4 Å². The lowest BCUT2D eigenvalue weighted by Crippen LogP contribution is -2.63. The molecule has 0 aliphatic carbocycles. The van der Waals surface area contributed by atoms with Gasteiger partial charge in [0.05, 0.1) is 41.2 Å². The fourth-order valence-corrected chi connectivity index (χ4v) is 4.41. The summed E-state index contributed by atoms with van der Waals surface area (Å²) in [4.78, 5) is 31.7. The van der Waals surface area contributed by atoms with Crippen molar-refractivity contribution in [1.82, 2.24) is 0 Å². The monoisotopic (exact) mass is 536 g/mol. The van der Waals surface area contributed by atoms with Crippen LogP contribution in [0, 0.1) is 0 Å². The van der Waals surface area contributed by atoms with Crippen molar-refractivity contribution in [3.05, 3.63) is 71.8 Å². The summed E-state index contributed by atoms with van der Waals surface area (Å²) < 4.78 is 25.3. The van der Waals surface area contributed by atoms with Gasteiger partial charge in [-0.05, 0) is 31.9 Å². The van der Waals surface area contributed by atoms with Crippen LogP contribution >= 0.6 is 0 Å². The Balaban J connectivity index is 1.89. The van der Waals surface area contributed by atoms with E-state index in [0.717, 1.165) is 11.1 Å². The Bertz CT molecular complexity index is 897. The van der Waals surface area contributed by atoms with E-state index in [1.54, 1.807) is 6.92 Å². The second kappa shape index (κ2) is 15.6. The molecule has 0 bridgehead atoms. The highest BCUT2D eigenvalue weighted by atomic mass is 17.2. The van der Waals surface area contributed by atoms with Crippen molar-refractivity contribution in [2.75, 3.05) is 27.9 Å². The Hall–Kier alpha value is -1.96. The Labute approximate surface area is 224 Å². The SMILES string of the molecule is COOC(C)[C@@H](OOC)[C@H](OOC)[C@@H]1OC(C)(C)O[C@@H](COCc2ccccc2)[C@@H]1OCc1ccccc1. The van der Waals surface area contributed by atoms with Crippen molar-refractivity contribution in [2.24, 2.45) is 0 Å². The zero-order valence-electron chi connectivity index (χ0n) is 22.9. The van der Waals surface area contributed by atoms with Crippen molar-refractivity contribution >= 4 is 0 Å². The van der Waals surface area contributed by atoms with E-state index in [1.165, 1.54) is 21.3 Å². The first kappa shape index (κ1) is 30.6. The van der Waals surface area contributed by atoms with E-state index in [9.17, 15) is 0 Å². The quantitative estimate of drug-likeness (QED) is 0.230. The fraction of sp³-hybridized carbons (Fsp3) is 0.571. The van der Waals surface area contributed by atoms with Crippen molar-refractivity contribution in [3.63, 3.8) is 0 Å². The van der Waals surface area contributed by atoms with Crippen LogP contribution < -0.4 is 0 Å². The number of ether oxygens (including phenoxy) is 4. The third kappa shape index (κ3) is 9.06. The zero-order valence-corrected chi connectivity index (χ0v) is 22.9. The van der Waals surface area contributed by atoms with Crippen LogP contribution in [-0.2, 0) is 61.5 Å². The van der Waals surface area contributed by atoms with Crippen LogP contribution in [0.5, 0.6) is 0 Å². The molecule has 0 aromatic heterocycles. The van der Waals surface area contributed by atoms with Crippen LogP contribution in [0.25, 0.3) is 0 Å². The lowest BCUT2D eigenvalue weighted by molar-refractivity contribution is -0.442. The standard InChI is InChI=1S/C28H40O10/c1-20(36-29-4)24(37-30-5)27(38-31-6)26-25(33-18-22-15-11-8-12-16-22)23(34-28(2,3)35-26)19-32-17-21-13-9-7-10-14-21/h7-16,20,23-27H,17-19H2,1-6H3/t20?,23-,24+,25-,26+,27-/m0/s1. The molecule has 3 rings (SSSR count). The fourth-order valence-electron chi connectivity index (χ4n) is 4.41. The van der Waals surface area contributed by atoms with E-state index in [4.69, 9.17) is 48.3 Å². The maximum Gasteiger partial charge on any atom is 0.164 e. The van der Waals surface area contributed by atoms with E-state index in [0.29, 0.717) is 13.2 Å². The second-order valence-corrected chi connectivity index (χ2v) is 9.32. The summed E-state index contributed by atoms with van der Waals surface area (Å²) in [6, 6.07) is 19.8. The third-order valence-corrected chi connectivity index (χ3v) is 6.00. The minimum absolute atomic E-state index is 0.247. The topological polar surface area (TPSA) is 92.3 Å². The van der Waals surface area contributed by atoms with Gasteiger partial charge in [-0.2, -0.15) is 0 Å². The first-order valence-corrected chi connectivity index (χ1v) is 12.6. The van der Waals surface area contributed by atoms with Gasteiger partial charge >= 0.3 is 0 Å². The second-order valence-electron chi connectivity index (χ2n) is 9.32. The molecular weight excluding hydrogens is 496 g/mol. The lowest BCUT2D eigenvalue weighted by atomic mass is 9.94. The highest BCUT2D eigenvalue weighted by Crippen LogP contribution is 2.35. The van der Waals surface area contributed by atoms with Crippen molar-refractivity contribution in [1.29, 1.82) is 0 Å². The third-order valence-electron chi connectivity index (χ3n) is 6.00. The van der Waals surface area contributed by atoms with Crippen molar-refractivity contribution < 1.29 is 48.3 Å². The molecule has 1 fully saturated rings. The number of hydrogen-bond donors (Lipinski definition) is 0. The van der Waals surface area contributed by atoms with E-state index in [1.807, 2.05) is 74.5 Å². The summed E-state index contributed by atoms with van der Waals surface area (Å²) in [6.45, 7) is 6.38. The molecule has 1 aliphatic rings. The van der Waals surface area contributed by atoms with Gasteiger partial charge in [0, 0.05) is 0 Å². The highest BCUT2D eigenvalue weighted by Gasteiger charge is 2.52. The molecule has 0 saturated carbocycles. The molecule has 2 aromatic rings. The molecule has 212 valence electrons. The van der Waals surface area contributed by atoms with Crippen LogP contribution in [0.2, 0.25) is 0 Å². The normalized spacial score (nSPS) is 23.6. The Morgan fingerprint density at radius 2 is 1.34 bits per heavy atom.